The Bertz CT molecular complexity index is 2790. The maximum Gasteiger partial charge on any atom is 0.160 e. The zero-order valence-electron chi connectivity index (χ0n) is 27.7. The minimum atomic E-state index is 0.863. The van der Waals surface area contributed by atoms with Crippen molar-refractivity contribution < 1.29 is 4.42 Å². The lowest BCUT2D eigenvalue weighted by Gasteiger charge is -2.28. The van der Waals surface area contributed by atoms with Crippen LogP contribution < -0.4 is 4.90 Å². The molecule has 2 heterocycles. The Hall–Kier alpha value is -6.42. The van der Waals surface area contributed by atoms with Gasteiger partial charge < -0.3 is 9.32 Å². The van der Waals surface area contributed by atoms with Gasteiger partial charge in [0.25, 0.3) is 0 Å². The fourth-order valence-electron chi connectivity index (χ4n) is 7.50. The van der Waals surface area contributed by atoms with Crippen molar-refractivity contribution in [3.8, 4) is 33.4 Å². The van der Waals surface area contributed by atoms with Gasteiger partial charge in [0, 0.05) is 31.9 Å². The summed E-state index contributed by atoms with van der Waals surface area (Å²) in [6.45, 7) is 0. The highest BCUT2D eigenvalue weighted by Crippen LogP contribution is 2.50. The molecule has 3 heteroatoms. The SMILES string of the molecule is c1ccc(-c2cc(-c3ccccc3)cc(N(c3ccc(-c4ccccc4)c4c3oc3ccccc34)c3cccc4c3sc3ccccc34)c2)cc1. The van der Waals surface area contributed by atoms with Crippen LogP contribution >= 0.6 is 11.3 Å². The number of fused-ring (bicyclic) bond motifs is 6. The highest BCUT2D eigenvalue weighted by molar-refractivity contribution is 7.26. The van der Waals surface area contributed by atoms with Crippen LogP contribution in [0.5, 0.6) is 0 Å². The summed E-state index contributed by atoms with van der Waals surface area (Å²) in [5, 5.41) is 4.75. The average molecular weight is 670 g/mol. The molecule has 8 aromatic carbocycles. The second-order valence-electron chi connectivity index (χ2n) is 12.9. The first-order valence-corrected chi connectivity index (χ1v) is 18.1. The Labute approximate surface area is 300 Å². The molecule has 0 atom stereocenters. The van der Waals surface area contributed by atoms with Gasteiger partial charge >= 0.3 is 0 Å². The second-order valence-corrected chi connectivity index (χ2v) is 13.9. The summed E-state index contributed by atoms with van der Waals surface area (Å²) in [5.74, 6) is 0. The molecule has 51 heavy (non-hydrogen) atoms. The number of benzene rings is 8. The van der Waals surface area contributed by atoms with Crippen LogP contribution in [0.3, 0.4) is 0 Å². The normalized spacial score (nSPS) is 11.5. The van der Waals surface area contributed by atoms with Gasteiger partial charge in [-0.05, 0) is 75.8 Å². The van der Waals surface area contributed by atoms with E-state index in [0.717, 1.165) is 61.3 Å². The third-order valence-electron chi connectivity index (χ3n) is 9.85. The molecule has 0 N–H and O–H groups in total. The minimum absolute atomic E-state index is 0.863. The third-order valence-corrected chi connectivity index (χ3v) is 11.1. The highest BCUT2D eigenvalue weighted by atomic mass is 32.1. The van der Waals surface area contributed by atoms with Crippen molar-refractivity contribution in [1.82, 2.24) is 0 Å². The summed E-state index contributed by atoms with van der Waals surface area (Å²) in [6, 6.07) is 67.3. The van der Waals surface area contributed by atoms with Gasteiger partial charge in [-0.25, -0.2) is 0 Å². The van der Waals surface area contributed by atoms with Crippen LogP contribution in [0.15, 0.2) is 192 Å². The van der Waals surface area contributed by atoms with Crippen molar-refractivity contribution in [1.29, 1.82) is 0 Å². The molecule has 0 radical (unpaired) electrons. The Balaban J connectivity index is 1.33. The number of furan rings is 1. The molecule has 0 unspecified atom stereocenters. The van der Waals surface area contributed by atoms with Crippen LogP contribution in [0, 0.1) is 0 Å². The van der Waals surface area contributed by atoms with Gasteiger partial charge in [-0.3, -0.25) is 0 Å². The molecule has 0 aliphatic heterocycles. The van der Waals surface area contributed by atoms with Gasteiger partial charge in [-0.2, -0.15) is 0 Å². The van der Waals surface area contributed by atoms with Crippen molar-refractivity contribution in [2.45, 2.75) is 0 Å². The number of nitrogens with zero attached hydrogens (tertiary/aromatic N) is 1. The van der Waals surface area contributed by atoms with Crippen LogP contribution in [-0.2, 0) is 0 Å². The maximum atomic E-state index is 6.93. The fourth-order valence-corrected chi connectivity index (χ4v) is 8.71. The lowest BCUT2D eigenvalue weighted by molar-refractivity contribution is 0.669. The smallest absolute Gasteiger partial charge is 0.160 e. The Morgan fingerprint density at radius 1 is 0.412 bits per heavy atom. The lowest BCUT2D eigenvalue weighted by Crippen LogP contribution is -2.11. The number of hydrogen-bond donors (Lipinski definition) is 0. The first kappa shape index (κ1) is 29.5. The van der Waals surface area contributed by atoms with E-state index in [1.54, 1.807) is 0 Å². The molecule has 0 saturated heterocycles. The number of para-hydroxylation sites is 1. The maximum absolute atomic E-state index is 6.93. The molecule has 2 nitrogen and oxygen atoms in total. The molecule has 0 bridgehead atoms. The molecule has 10 rings (SSSR count). The highest BCUT2D eigenvalue weighted by Gasteiger charge is 2.25. The summed E-state index contributed by atoms with van der Waals surface area (Å²) in [6.07, 6.45) is 0. The van der Waals surface area contributed by atoms with E-state index >= 15 is 0 Å². The van der Waals surface area contributed by atoms with Gasteiger partial charge in [0.2, 0.25) is 0 Å². The number of thiophene rings is 1. The van der Waals surface area contributed by atoms with E-state index in [-0.39, 0.29) is 0 Å². The summed E-state index contributed by atoms with van der Waals surface area (Å²) in [5.41, 5.74) is 11.9. The quantitative estimate of drug-likeness (QED) is 0.175. The van der Waals surface area contributed by atoms with Crippen molar-refractivity contribution in [3.63, 3.8) is 0 Å². The summed E-state index contributed by atoms with van der Waals surface area (Å²) >= 11 is 1.85. The monoisotopic (exact) mass is 669 g/mol. The average Bonchev–Trinajstić information content (AvgIpc) is 3.79. The van der Waals surface area contributed by atoms with E-state index in [1.165, 1.54) is 31.3 Å². The summed E-state index contributed by atoms with van der Waals surface area (Å²) in [4.78, 5) is 2.43. The van der Waals surface area contributed by atoms with Crippen LogP contribution in [0.1, 0.15) is 0 Å². The number of anilines is 3. The Morgan fingerprint density at radius 2 is 1.00 bits per heavy atom. The van der Waals surface area contributed by atoms with E-state index in [0.29, 0.717) is 0 Å². The molecule has 240 valence electrons. The van der Waals surface area contributed by atoms with Crippen LogP contribution in [0.25, 0.3) is 75.5 Å². The molecule has 0 amide bonds. The van der Waals surface area contributed by atoms with E-state index in [9.17, 15) is 0 Å². The zero-order valence-corrected chi connectivity index (χ0v) is 28.5. The van der Waals surface area contributed by atoms with Crippen molar-refractivity contribution in [2.24, 2.45) is 0 Å². The van der Waals surface area contributed by atoms with E-state index in [1.807, 2.05) is 11.3 Å². The molecule has 0 saturated carbocycles. The molecule has 10 aromatic rings. The molecule has 0 spiro atoms. The minimum Gasteiger partial charge on any atom is -0.454 e. The first-order valence-electron chi connectivity index (χ1n) is 17.3. The van der Waals surface area contributed by atoms with E-state index < -0.39 is 0 Å². The van der Waals surface area contributed by atoms with Gasteiger partial charge in [0.05, 0.1) is 16.1 Å². The molecule has 0 fully saturated rings. The second kappa shape index (κ2) is 12.2. The third kappa shape index (κ3) is 5.01. The zero-order chi connectivity index (χ0) is 33.7. The first-order chi connectivity index (χ1) is 25.3. The van der Waals surface area contributed by atoms with Crippen molar-refractivity contribution >= 4 is 70.5 Å². The van der Waals surface area contributed by atoms with Crippen LogP contribution in [0.4, 0.5) is 17.1 Å². The van der Waals surface area contributed by atoms with Gasteiger partial charge in [0.1, 0.15) is 5.58 Å². The van der Waals surface area contributed by atoms with E-state index in [2.05, 4.69) is 193 Å². The summed E-state index contributed by atoms with van der Waals surface area (Å²) in [7, 11) is 0. The predicted octanol–water partition coefficient (Wildman–Crippen LogP) is 14.4. The summed E-state index contributed by atoms with van der Waals surface area (Å²) < 4.78 is 9.44. The Kier molecular flexibility index (Phi) is 7.04. The molecule has 0 aliphatic carbocycles. The van der Waals surface area contributed by atoms with Gasteiger partial charge in [-0.15, -0.1) is 11.3 Å². The van der Waals surface area contributed by atoms with Crippen molar-refractivity contribution in [3.05, 3.63) is 188 Å². The Morgan fingerprint density at radius 3 is 1.71 bits per heavy atom. The number of hydrogen-bond acceptors (Lipinski definition) is 3. The van der Waals surface area contributed by atoms with Crippen molar-refractivity contribution in [2.75, 3.05) is 4.90 Å². The fraction of sp³-hybridized carbons (Fsp3) is 0. The van der Waals surface area contributed by atoms with Gasteiger partial charge in [-0.1, -0.05) is 146 Å². The van der Waals surface area contributed by atoms with Crippen LogP contribution in [0.2, 0.25) is 0 Å². The van der Waals surface area contributed by atoms with Gasteiger partial charge in [0.15, 0.2) is 5.58 Å². The molecular weight excluding hydrogens is 639 g/mol. The number of rotatable bonds is 6. The largest absolute Gasteiger partial charge is 0.454 e. The molecule has 2 aromatic heterocycles. The predicted molar refractivity (Wildman–Crippen MR) is 218 cm³/mol. The standard InChI is InChI=1S/C48H31NOS/c1-4-15-32(16-5-1)35-29-36(33-17-6-2-7-18-33)31-37(30-35)49(43-24-14-23-40-39-21-11-13-26-45(39)51-48(40)43)42-28-27-38(34-19-8-3-9-20-34)46-41-22-10-12-25-44(41)50-47(42)46/h1-31H. The molecular formula is C48H31NOS. The molecule has 0 aliphatic rings. The topological polar surface area (TPSA) is 16.4 Å². The van der Waals surface area contributed by atoms with E-state index in [4.69, 9.17) is 4.42 Å². The lowest BCUT2D eigenvalue weighted by atomic mass is 9.96. The van der Waals surface area contributed by atoms with Crippen LogP contribution in [-0.4, -0.2) is 0 Å².